The van der Waals surface area contributed by atoms with E-state index < -0.39 is 117 Å². The van der Waals surface area contributed by atoms with Gasteiger partial charge < -0.3 is 93.5 Å². The van der Waals surface area contributed by atoms with Gasteiger partial charge >= 0.3 is 0 Å². The highest BCUT2D eigenvalue weighted by Crippen LogP contribution is 2.26. The number of imide groups is 6. The van der Waals surface area contributed by atoms with E-state index >= 15 is 0 Å². The van der Waals surface area contributed by atoms with Crippen LogP contribution in [0.5, 0.6) is 0 Å². The largest absolute Gasteiger partial charge is 0.380 e. The maximum Gasteiger partial charge on any atom is 0.253 e. The lowest BCUT2D eigenvalue weighted by atomic mass is 9.90. The molecule has 6 heterocycles. The summed E-state index contributed by atoms with van der Waals surface area (Å²) in [6, 6.07) is 0. The molecule has 6 aliphatic rings. The monoisotopic (exact) mass is 1680 g/mol. The first-order valence-corrected chi connectivity index (χ1v) is 38.8. The predicted molar refractivity (Wildman–Crippen MR) is 406 cm³/mol. The van der Waals surface area contributed by atoms with Gasteiger partial charge in [0.1, 0.15) is 0 Å². The third-order valence-electron chi connectivity index (χ3n) is 17.7. The lowest BCUT2D eigenvalue weighted by Crippen LogP contribution is -2.46. The van der Waals surface area contributed by atoms with Gasteiger partial charge in [-0.15, -0.1) is 0 Å². The van der Waals surface area contributed by atoms with Crippen LogP contribution in [-0.4, -0.2) is 386 Å². The van der Waals surface area contributed by atoms with E-state index in [-0.39, 0.29) is 289 Å². The molecular formula is C76H106N12O31. The fraction of sp³-hybridized carbons (Fsp3) is 0.605. The SMILES string of the molecule is O=C(CCN1C(=O)C=CC1=O)NCCOCCOCC(COCCOCCNC(=O)CCN1C(=O)C=CC1=O)(COCCOCCNC(=O)CCN1C(=O)C=CC1=O)COCC(COCCOCCNC(=O)CCN1C(=O)C=CC1=O)(COCCOCCNC(=O)CCN1C(=O)C=CC1=O)COCCOCCNC(=O)CCN1C(=O)C=CC1=O. The minimum Gasteiger partial charge on any atom is -0.380 e. The molecule has 119 heavy (non-hydrogen) atoms. The van der Waals surface area contributed by atoms with Crippen molar-refractivity contribution in [2.24, 2.45) is 10.8 Å². The Bertz CT molecular complexity index is 2980. The van der Waals surface area contributed by atoms with E-state index in [9.17, 15) is 86.3 Å². The topological polar surface area (TPSA) is 519 Å². The van der Waals surface area contributed by atoms with E-state index in [0.29, 0.717) is 0 Å². The molecule has 0 aliphatic carbocycles. The molecule has 0 aromatic rings. The highest BCUT2D eigenvalue weighted by molar-refractivity contribution is 6.16. The molecule has 43 nitrogen and oxygen atoms in total. The van der Waals surface area contributed by atoms with Crippen molar-refractivity contribution in [3.8, 4) is 0 Å². The number of nitrogens with zero attached hydrogens (tertiary/aromatic N) is 6. The van der Waals surface area contributed by atoms with Gasteiger partial charge in [0.25, 0.3) is 70.9 Å². The zero-order chi connectivity index (χ0) is 85.9. The Hall–Kier alpha value is -10.4. The average molecular weight is 1680 g/mol. The summed E-state index contributed by atoms with van der Waals surface area (Å²) in [5, 5.41) is 16.1. The van der Waals surface area contributed by atoms with Crippen molar-refractivity contribution in [3.05, 3.63) is 72.9 Å². The summed E-state index contributed by atoms with van der Waals surface area (Å²) >= 11 is 0. The number of hydrogen-bond acceptors (Lipinski definition) is 31. The summed E-state index contributed by atoms with van der Waals surface area (Å²) in [5.74, 6) is -8.80. The highest BCUT2D eigenvalue weighted by atomic mass is 16.6. The summed E-state index contributed by atoms with van der Waals surface area (Å²) in [6.07, 6.45) is 12.6. The number of ether oxygens (including phenoxy) is 13. The fourth-order valence-electron chi connectivity index (χ4n) is 11.3. The van der Waals surface area contributed by atoms with Crippen molar-refractivity contribution in [2.45, 2.75) is 38.5 Å². The normalized spacial score (nSPS) is 15.2. The lowest BCUT2D eigenvalue weighted by Gasteiger charge is -2.37. The average Bonchev–Trinajstić information content (AvgIpc) is 1.82. The zero-order valence-electron chi connectivity index (χ0n) is 66.4. The van der Waals surface area contributed by atoms with E-state index in [4.69, 9.17) is 61.6 Å². The second-order valence-corrected chi connectivity index (χ2v) is 27.1. The van der Waals surface area contributed by atoms with E-state index in [1.807, 2.05) is 0 Å². The molecule has 6 aliphatic heterocycles. The van der Waals surface area contributed by atoms with Gasteiger partial charge in [0.2, 0.25) is 35.4 Å². The first kappa shape index (κ1) is 97.4. The second-order valence-electron chi connectivity index (χ2n) is 27.1. The number of carbonyl (C=O) groups excluding carboxylic acids is 18. The third-order valence-corrected chi connectivity index (χ3v) is 17.7. The molecular weight excluding hydrogens is 1580 g/mol. The Kier molecular flexibility index (Phi) is 45.3. The van der Waals surface area contributed by atoms with Crippen LogP contribution in [0.2, 0.25) is 0 Å². The molecule has 0 saturated heterocycles. The minimum atomic E-state index is -1.21. The van der Waals surface area contributed by atoms with Gasteiger partial charge in [-0.2, -0.15) is 0 Å². The summed E-state index contributed by atoms with van der Waals surface area (Å²) in [6.45, 7) is -1.12. The van der Waals surface area contributed by atoms with Gasteiger partial charge in [-0.25, -0.2) is 0 Å². The molecule has 43 heteroatoms. The van der Waals surface area contributed by atoms with Gasteiger partial charge in [0.05, 0.1) is 183 Å². The van der Waals surface area contributed by atoms with Crippen molar-refractivity contribution in [1.29, 1.82) is 0 Å². The van der Waals surface area contributed by atoms with Gasteiger partial charge in [0, 0.05) is 190 Å². The van der Waals surface area contributed by atoms with Gasteiger partial charge in [-0.3, -0.25) is 116 Å². The molecule has 0 aromatic heterocycles. The Labute approximate surface area is 685 Å². The van der Waals surface area contributed by atoms with Crippen molar-refractivity contribution in [1.82, 2.24) is 61.3 Å². The fourth-order valence-corrected chi connectivity index (χ4v) is 11.3. The Morgan fingerprint density at radius 2 is 0.319 bits per heavy atom. The maximum absolute atomic E-state index is 12.6. The van der Waals surface area contributed by atoms with E-state index in [1.165, 1.54) is 0 Å². The molecule has 18 amide bonds. The van der Waals surface area contributed by atoms with Crippen LogP contribution in [0.3, 0.4) is 0 Å². The standard InChI is InChI=1S/C76H106N12O31/c89-57(13-25-83-63(95)1-2-64(83)96)77-19-31-107-37-43-113-49-75(50-114-44-38-108-32-20-78-58(90)14-26-84-65(97)3-4-66(84)98,51-115-45-39-109-33-21-79-59(91)15-27-85-67(99)5-6-68(85)100)55-119-56-76(52-116-46-40-110-34-22-80-60(92)16-28-86-69(101)7-8-70(86)102,53-117-47-41-111-35-23-81-61(93)17-29-87-71(103)9-10-72(87)104)54-118-48-42-112-36-24-82-62(94)18-30-88-73(105)11-12-74(88)106/h1-12H,13-56H2,(H,77,89)(H,78,90)(H,79,91)(H,80,92)(H,81,93)(H,82,94). The zero-order valence-corrected chi connectivity index (χ0v) is 66.4. The number of hydrogen-bond donors (Lipinski definition) is 6. The summed E-state index contributed by atoms with van der Waals surface area (Å²) in [4.78, 5) is 225. The smallest absolute Gasteiger partial charge is 0.253 e. The van der Waals surface area contributed by atoms with E-state index in [1.54, 1.807) is 0 Å². The minimum absolute atomic E-state index is 0.0171. The van der Waals surface area contributed by atoms with Crippen molar-refractivity contribution >= 4 is 106 Å². The first-order chi connectivity index (χ1) is 57.5. The third kappa shape index (κ3) is 38.0. The van der Waals surface area contributed by atoms with Crippen molar-refractivity contribution < 1.29 is 148 Å². The molecule has 0 aromatic carbocycles. The van der Waals surface area contributed by atoms with E-state index in [2.05, 4.69) is 31.9 Å². The van der Waals surface area contributed by atoms with Crippen LogP contribution < -0.4 is 31.9 Å². The van der Waals surface area contributed by atoms with Crippen LogP contribution in [0.1, 0.15) is 38.5 Å². The van der Waals surface area contributed by atoms with Crippen molar-refractivity contribution in [3.63, 3.8) is 0 Å². The molecule has 6 N–H and O–H groups in total. The van der Waals surface area contributed by atoms with Gasteiger partial charge in [0.15, 0.2) is 0 Å². The first-order valence-electron chi connectivity index (χ1n) is 38.8. The molecule has 0 radical (unpaired) electrons. The van der Waals surface area contributed by atoms with Gasteiger partial charge in [-0.1, -0.05) is 0 Å². The van der Waals surface area contributed by atoms with Gasteiger partial charge in [-0.05, 0) is 0 Å². The lowest BCUT2D eigenvalue weighted by molar-refractivity contribution is -0.150. The maximum atomic E-state index is 12.6. The van der Waals surface area contributed by atoms with Crippen LogP contribution in [0, 0.1) is 10.8 Å². The summed E-state index contributed by atoms with van der Waals surface area (Å²) in [7, 11) is 0. The number of nitrogens with one attached hydrogen (secondary N) is 6. The molecule has 656 valence electrons. The van der Waals surface area contributed by atoms with Crippen LogP contribution in [-0.2, 0) is 148 Å². The number of carbonyl (C=O) groups is 18. The molecule has 0 saturated carbocycles. The number of amides is 18. The van der Waals surface area contributed by atoms with Crippen LogP contribution in [0.25, 0.3) is 0 Å². The molecule has 6 rings (SSSR count). The Morgan fingerprint density at radius 3 is 0.462 bits per heavy atom. The molecule has 0 spiro atoms. The number of rotatable bonds is 70. The highest BCUT2D eigenvalue weighted by Gasteiger charge is 2.38. The predicted octanol–water partition coefficient (Wildman–Crippen LogP) is -6.24. The summed E-state index contributed by atoms with van der Waals surface area (Å²) < 4.78 is 79.4. The van der Waals surface area contributed by atoms with E-state index in [0.717, 1.165) is 102 Å². The van der Waals surface area contributed by atoms with Crippen LogP contribution >= 0.6 is 0 Å². The van der Waals surface area contributed by atoms with Crippen LogP contribution in [0.4, 0.5) is 0 Å². The molecule has 0 atom stereocenters. The van der Waals surface area contributed by atoms with Crippen LogP contribution in [0.15, 0.2) is 72.9 Å². The quantitative estimate of drug-likeness (QED) is 0.0244. The second kappa shape index (κ2) is 55.4. The van der Waals surface area contributed by atoms with Crippen molar-refractivity contribution in [2.75, 3.05) is 250 Å². The Balaban J connectivity index is 1.15. The molecule has 0 unspecified atom stereocenters. The molecule has 0 fully saturated rings. The Morgan fingerprint density at radius 1 is 0.193 bits per heavy atom. The molecule has 0 bridgehead atoms. The summed E-state index contributed by atoms with van der Waals surface area (Å²) in [5.41, 5.74) is -2.43.